The van der Waals surface area contributed by atoms with Gasteiger partial charge in [-0.2, -0.15) is 0 Å². The third-order valence-electron chi connectivity index (χ3n) is 3.50. The number of amides is 1. The van der Waals surface area contributed by atoms with Crippen LogP contribution in [0.5, 0.6) is 5.75 Å². The molecule has 0 aliphatic carbocycles. The van der Waals surface area contributed by atoms with Gasteiger partial charge in [0.2, 0.25) is 5.91 Å². The molecule has 1 aromatic heterocycles. The summed E-state index contributed by atoms with van der Waals surface area (Å²) in [4.78, 5) is 28.0. The van der Waals surface area contributed by atoms with Crippen molar-refractivity contribution in [3.63, 3.8) is 0 Å². The lowest BCUT2D eigenvalue weighted by molar-refractivity contribution is -0.114. The molecular formula is C19H18N2O4S. The molecule has 3 rings (SSSR count). The number of aromatic nitrogens is 1. The Bertz CT molecular complexity index is 919. The Kier molecular flexibility index (Phi) is 5.48. The highest BCUT2D eigenvalue weighted by molar-refractivity contribution is 7.18. The fourth-order valence-corrected chi connectivity index (χ4v) is 3.30. The van der Waals surface area contributed by atoms with Crippen LogP contribution in [0.3, 0.4) is 0 Å². The quantitative estimate of drug-likeness (QED) is 0.663. The van der Waals surface area contributed by atoms with E-state index in [0.29, 0.717) is 18.0 Å². The number of carbonyl (C=O) groups is 2. The van der Waals surface area contributed by atoms with Gasteiger partial charge in [-0.25, -0.2) is 9.78 Å². The first kappa shape index (κ1) is 17.9. The smallest absolute Gasteiger partial charge is 0.340 e. The van der Waals surface area contributed by atoms with E-state index in [0.717, 1.165) is 15.2 Å². The van der Waals surface area contributed by atoms with E-state index < -0.39 is 5.97 Å². The lowest BCUT2D eigenvalue weighted by Gasteiger charge is -2.12. The van der Waals surface area contributed by atoms with Gasteiger partial charge in [-0.15, -0.1) is 11.3 Å². The van der Waals surface area contributed by atoms with E-state index in [1.54, 1.807) is 36.5 Å². The molecule has 1 heterocycles. The van der Waals surface area contributed by atoms with E-state index >= 15 is 0 Å². The van der Waals surface area contributed by atoms with Gasteiger partial charge in [0.05, 0.1) is 28.1 Å². The van der Waals surface area contributed by atoms with E-state index in [4.69, 9.17) is 9.47 Å². The molecular weight excluding hydrogens is 352 g/mol. The molecule has 1 amide bonds. The summed E-state index contributed by atoms with van der Waals surface area (Å²) in [5.41, 5.74) is 1.58. The number of hydrogen-bond acceptors (Lipinski definition) is 6. The average molecular weight is 370 g/mol. The molecule has 0 radical (unpaired) electrons. The van der Waals surface area contributed by atoms with Crippen molar-refractivity contribution in [1.82, 2.24) is 4.98 Å². The number of carbonyl (C=O) groups excluding carboxylic acids is 2. The molecule has 0 spiro atoms. The Morgan fingerprint density at radius 3 is 2.73 bits per heavy atom. The fraction of sp³-hybridized carbons (Fsp3) is 0.211. The van der Waals surface area contributed by atoms with Crippen molar-refractivity contribution in [2.45, 2.75) is 20.5 Å². The molecule has 2 aromatic carbocycles. The maximum atomic E-state index is 12.2. The number of fused-ring (bicyclic) bond motifs is 1. The topological polar surface area (TPSA) is 77.5 Å². The molecule has 0 saturated heterocycles. The molecule has 0 aliphatic rings. The Balaban J connectivity index is 1.79. The molecule has 1 N–H and O–H groups in total. The average Bonchev–Trinajstić information content (AvgIpc) is 3.03. The number of anilines is 1. The van der Waals surface area contributed by atoms with Crippen molar-refractivity contribution in [1.29, 1.82) is 0 Å². The van der Waals surface area contributed by atoms with Crippen LogP contribution in [-0.2, 0) is 16.1 Å². The summed E-state index contributed by atoms with van der Waals surface area (Å²) in [6.45, 7) is 3.64. The van der Waals surface area contributed by atoms with Gasteiger partial charge in [-0.3, -0.25) is 4.79 Å². The van der Waals surface area contributed by atoms with Crippen LogP contribution < -0.4 is 10.1 Å². The van der Waals surface area contributed by atoms with Crippen molar-refractivity contribution in [2.24, 2.45) is 0 Å². The van der Waals surface area contributed by atoms with Crippen LogP contribution in [0.1, 0.15) is 29.2 Å². The van der Waals surface area contributed by atoms with Crippen LogP contribution in [0.25, 0.3) is 10.2 Å². The first-order chi connectivity index (χ1) is 12.6. The highest BCUT2D eigenvalue weighted by atomic mass is 32.1. The third-order valence-corrected chi connectivity index (χ3v) is 4.51. The van der Waals surface area contributed by atoms with Crippen molar-refractivity contribution in [2.75, 3.05) is 11.9 Å². The standard InChI is InChI=1S/C19H18N2O4S/c1-3-24-19(23)14-10-13(8-9-15(14)20-12(2)22)25-11-18-21-16-6-4-5-7-17(16)26-18/h4-10H,3,11H2,1-2H3,(H,20,22). The highest BCUT2D eigenvalue weighted by Crippen LogP contribution is 2.26. The number of rotatable bonds is 6. The number of nitrogens with zero attached hydrogens (tertiary/aromatic N) is 1. The number of thiazole rings is 1. The number of benzene rings is 2. The lowest BCUT2D eigenvalue weighted by atomic mass is 10.1. The number of para-hydroxylation sites is 1. The van der Waals surface area contributed by atoms with Gasteiger partial charge in [0, 0.05) is 6.92 Å². The summed E-state index contributed by atoms with van der Waals surface area (Å²) in [5.74, 6) is -0.276. The van der Waals surface area contributed by atoms with Crippen molar-refractivity contribution < 1.29 is 19.1 Å². The van der Waals surface area contributed by atoms with Gasteiger partial charge in [-0.1, -0.05) is 12.1 Å². The summed E-state index contributed by atoms with van der Waals surface area (Å²) in [6.07, 6.45) is 0. The van der Waals surface area contributed by atoms with Crippen molar-refractivity contribution in [3.05, 3.63) is 53.0 Å². The van der Waals surface area contributed by atoms with Crippen LogP contribution >= 0.6 is 11.3 Å². The van der Waals surface area contributed by atoms with Crippen molar-refractivity contribution >= 4 is 39.1 Å². The number of nitrogens with one attached hydrogen (secondary N) is 1. The first-order valence-corrected chi connectivity index (χ1v) is 8.94. The van der Waals surface area contributed by atoms with Gasteiger partial charge in [0.1, 0.15) is 17.4 Å². The Morgan fingerprint density at radius 1 is 1.19 bits per heavy atom. The van der Waals surface area contributed by atoms with Crippen molar-refractivity contribution in [3.8, 4) is 5.75 Å². The predicted molar refractivity (Wildman–Crippen MR) is 101 cm³/mol. The molecule has 3 aromatic rings. The van der Waals surface area contributed by atoms with Gasteiger partial charge >= 0.3 is 5.97 Å². The summed E-state index contributed by atoms with van der Waals surface area (Å²) >= 11 is 1.56. The highest BCUT2D eigenvalue weighted by Gasteiger charge is 2.15. The largest absolute Gasteiger partial charge is 0.486 e. The van der Waals surface area contributed by atoms with Gasteiger partial charge in [-0.05, 0) is 37.3 Å². The summed E-state index contributed by atoms with van der Waals surface area (Å²) in [5, 5.41) is 3.47. The molecule has 0 bridgehead atoms. The Morgan fingerprint density at radius 2 is 2.00 bits per heavy atom. The van der Waals surface area contributed by atoms with Gasteiger partial charge in [0.25, 0.3) is 0 Å². The zero-order chi connectivity index (χ0) is 18.5. The monoisotopic (exact) mass is 370 g/mol. The zero-order valence-electron chi connectivity index (χ0n) is 14.4. The second-order valence-corrected chi connectivity index (χ2v) is 6.59. The summed E-state index contributed by atoms with van der Waals surface area (Å²) in [7, 11) is 0. The van der Waals surface area contributed by atoms with E-state index in [1.807, 2.05) is 24.3 Å². The number of ether oxygens (including phenoxy) is 2. The fourth-order valence-electron chi connectivity index (χ4n) is 2.42. The van der Waals surface area contributed by atoms with E-state index in [2.05, 4.69) is 10.3 Å². The molecule has 26 heavy (non-hydrogen) atoms. The minimum atomic E-state index is -0.512. The lowest BCUT2D eigenvalue weighted by Crippen LogP contribution is -2.13. The molecule has 0 unspecified atom stereocenters. The van der Waals surface area contributed by atoms with Crippen LogP contribution in [0, 0.1) is 0 Å². The van der Waals surface area contributed by atoms with E-state index in [9.17, 15) is 9.59 Å². The molecule has 134 valence electrons. The zero-order valence-corrected chi connectivity index (χ0v) is 15.3. The number of esters is 1. The van der Waals surface area contributed by atoms with Gasteiger partial charge < -0.3 is 14.8 Å². The summed E-state index contributed by atoms with van der Waals surface area (Å²) < 4.78 is 11.9. The Labute approximate surface area is 154 Å². The van der Waals surface area contributed by atoms with Crippen LogP contribution in [-0.4, -0.2) is 23.5 Å². The Hall–Kier alpha value is -2.93. The van der Waals surface area contributed by atoms with E-state index in [1.165, 1.54) is 6.92 Å². The minimum absolute atomic E-state index is 0.245. The van der Waals surface area contributed by atoms with Crippen LogP contribution in [0.15, 0.2) is 42.5 Å². The molecule has 6 nitrogen and oxygen atoms in total. The molecule has 0 fully saturated rings. The number of hydrogen-bond donors (Lipinski definition) is 1. The second kappa shape index (κ2) is 7.97. The van der Waals surface area contributed by atoms with E-state index in [-0.39, 0.29) is 18.1 Å². The normalized spacial score (nSPS) is 10.5. The molecule has 0 saturated carbocycles. The SMILES string of the molecule is CCOC(=O)c1cc(OCc2nc3ccccc3s2)ccc1NC(C)=O. The maximum Gasteiger partial charge on any atom is 0.340 e. The minimum Gasteiger partial charge on any atom is -0.486 e. The maximum absolute atomic E-state index is 12.2. The molecule has 0 aliphatic heterocycles. The van der Waals surface area contributed by atoms with Crippen LogP contribution in [0.2, 0.25) is 0 Å². The first-order valence-electron chi connectivity index (χ1n) is 8.13. The summed E-state index contributed by atoms with van der Waals surface area (Å²) in [6, 6.07) is 12.8. The second-order valence-electron chi connectivity index (χ2n) is 5.47. The molecule has 0 atom stereocenters. The van der Waals surface area contributed by atoms with Crippen LogP contribution in [0.4, 0.5) is 5.69 Å². The predicted octanol–water partition coefficient (Wildman–Crippen LogP) is 4.01. The van der Waals surface area contributed by atoms with Gasteiger partial charge in [0.15, 0.2) is 0 Å². The third kappa shape index (κ3) is 4.18. The molecule has 7 heteroatoms.